The number of aromatic nitrogens is 4. The molecular weight excluding hydrogens is 509 g/mol. The van der Waals surface area contributed by atoms with Crippen LogP contribution in [0.5, 0.6) is 0 Å². The van der Waals surface area contributed by atoms with Gasteiger partial charge < -0.3 is 0 Å². The molecule has 1 aliphatic rings. The van der Waals surface area contributed by atoms with Crippen LogP contribution in [0.1, 0.15) is 44.2 Å². The molecule has 0 fully saturated rings. The average Bonchev–Trinajstić information content (AvgIpc) is 3.45. The zero-order chi connectivity index (χ0) is 24.8. The van der Waals surface area contributed by atoms with Crippen molar-refractivity contribution in [2.24, 2.45) is 5.14 Å². The molecule has 0 bridgehead atoms. The maximum absolute atomic E-state index is 15.8. The Morgan fingerprint density at radius 1 is 1.29 bits per heavy atom. The van der Waals surface area contributed by atoms with Gasteiger partial charge in [-0.05, 0) is 38.1 Å². The molecule has 2 N–H and O–H groups in total. The number of sulfonamides is 1. The zero-order valence-electron chi connectivity index (χ0n) is 18.6. The fourth-order valence-electron chi connectivity index (χ4n) is 3.66. The summed E-state index contributed by atoms with van der Waals surface area (Å²) < 4.78 is 69.8. The van der Waals surface area contributed by atoms with Gasteiger partial charge in [-0.1, -0.05) is 28.1 Å². The van der Waals surface area contributed by atoms with Crippen molar-refractivity contribution in [3.63, 3.8) is 0 Å². The van der Waals surface area contributed by atoms with Crippen LogP contribution in [-0.2, 0) is 10.0 Å². The fraction of sp³-hybridized carbons (Fsp3) is 0.400. The number of hydrogen-bond acceptors (Lipinski definition) is 7. The Morgan fingerprint density at radius 2 is 2.03 bits per heavy atom. The molecule has 4 heterocycles. The Morgan fingerprint density at radius 3 is 2.59 bits per heavy atom. The molecular formula is C20H23F3N6O2S3. The minimum absolute atomic E-state index is 0.120. The third-order valence-electron chi connectivity index (χ3n) is 5.51. The van der Waals surface area contributed by atoms with Gasteiger partial charge in [0.2, 0.25) is 10.0 Å². The first-order valence-corrected chi connectivity index (χ1v) is 14.0. The van der Waals surface area contributed by atoms with E-state index in [1.807, 2.05) is 0 Å². The van der Waals surface area contributed by atoms with E-state index in [0.717, 1.165) is 0 Å². The normalized spacial score (nSPS) is 16.7. The first-order chi connectivity index (χ1) is 16.1. The molecule has 8 nitrogen and oxygen atoms in total. The minimum Gasteiger partial charge on any atom is -0.296 e. The Kier molecular flexibility index (Phi) is 6.97. The quantitative estimate of drug-likeness (QED) is 0.480. The highest BCUT2D eigenvalue weighted by molar-refractivity contribution is 8.13. The Hall–Kier alpha value is -2.13. The van der Waals surface area contributed by atoms with Crippen molar-refractivity contribution < 1.29 is 21.6 Å². The molecule has 1 aliphatic heterocycles. The summed E-state index contributed by atoms with van der Waals surface area (Å²) in [6, 6.07) is 0. The third kappa shape index (κ3) is 4.33. The molecule has 0 aliphatic carbocycles. The van der Waals surface area contributed by atoms with Gasteiger partial charge in [0.05, 0.1) is 21.9 Å². The van der Waals surface area contributed by atoms with Crippen LogP contribution in [0, 0.1) is 5.82 Å². The van der Waals surface area contributed by atoms with Crippen molar-refractivity contribution in [3.05, 3.63) is 34.9 Å². The number of rotatable bonds is 6. The standard InChI is InChI=1S/C20H23F3N6O2S3/c1-4-33(24)14-10-29-13(9-25-18(29)20-27-26-19(32-20)17(22)23)15(16(14)21)12-5-7-28(8-6-12)34(30,31)11(2)3/h4-5,9-11,17H,6-8,24H2,1-3H3. The van der Waals surface area contributed by atoms with Gasteiger partial charge in [0.1, 0.15) is 5.82 Å². The Labute approximate surface area is 201 Å². The molecule has 1 unspecified atom stereocenters. The lowest BCUT2D eigenvalue weighted by molar-refractivity contribution is 0.150. The van der Waals surface area contributed by atoms with Crippen molar-refractivity contribution in [2.45, 2.75) is 43.8 Å². The molecule has 0 radical (unpaired) electrons. The largest absolute Gasteiger partial charge is 0.296 e. The highest BCUT2D eigenvalue weighted by atomic mass is 32.2. The van der Waals surface area contributed by atoms with Crippen LogP contribution in [0.4, 0.5) is 13.2 Å². The summed E-state index contributed by atoms with van der Waals surface area (Å²) in [6.07, 6.45) is 2.18. The highest BCUT2D eigenvalue weighted by Crippen LogP contribution is 2.37. The third-order valence-corrected chi connectivity index (χ3v) is 9.98. The van der Waals surface area contributed by atoms with E-state index in [1.54, 1.807) is 36.6 Å². The second kappa shape index (κ2) is 9.49. The van der Waals surface area contributed by atoms with Crippen LogP contribution in [0.25, 0.3) is 21.9 Å². The van der Waals surface area contributed by atoms with E-state index in [0.29, 0.717) is 28.8 Å². The van der Waals surface area contributed by atoms with E-state index >= 15 is 4.39 Å². The topological polar surface area (TPSA) is 106 Å². The molecule has 0 saturated carbocycles. The molecule has 1 atom stereocenters. The molecule has 3 aromatic heterocycles. The van der Waals surface area contributed by atoms with Crippen molar-refractivity contribution in [3.8, 4) is 10.8 Å². The van der Waals surface area contributed by atoms with Crippen LogP contribution < -0.4 is 5.14 Å². The van der Waals surface area contributed by atoms with Gasteiger partial charge in [-0.15, -0.1) is 10.2 Å². The molecule has 0 amide bonds. The van der Waals surface area contributed by atoms with E-state index in [9.17, 15) is 17.2 Å². The van der Waals surface area contributed by atoms with E-state index in [-0.39, 0.29) is 34.4 Å². The predicted octanol–water partition coefficient (Wildman–Crippen LogP) is 4.08. The van der Waals surface area contributed by atoms with Crippen molar-refractivity contribution in [2.75, 3.05) is 13.1 Å². The number of halogens is 3. The number of hydrogen-bond donors (Lipinski definition) is 1. The van der Waals surface area contributed by atoms with Crippen LogP contribution in [0.3, 0.4) is 0 Å². The average molecular weight is 533 g/mol. The number of nitrogens with zero attached hydrogens (tertiary/aromatic N) is 5. The maximum Gasteiger partial charge on any atom is 0.291 e. The van der Waals surface area contributed by atoms with Crippen molar-refractivity contribution in [1.29, 1.82) is 0 Å². The maximum atomic E-state index is 15.8. The Balaban J connectivity index is 1.87. The van der Waals surface area contributed by atoms with Crippen LogP contribution >= 0.6 is 22.0 Å². The van der Waals surface area contributed by atoms with Crippen LogP contribution in [0.2, 0.25) is 0 Å². The van der Waals surface area contributed by atoms with E-state index in [4.69, 9.17) is 5.14 Å². The molecule has 0 saturated heterocycles. The van der Waals surface area contributed by atoms with Crippen molar-refractivity contribution in [1.82, 2.24) is 23.9 Å². The summed E-state index contributed by atoms with van der Waals surface area (Å²) in [5.41, 5.74) is 1.30. The second-order valence-corrected chi connectivity index (χ2v) is 13.0. The smallest absolute Gasteiger partial charge is 0.291 e. The highest BCUT2D eigenvalue weighted by Gasteiger charge is 2.30. The van der Waals surface area contributed by atoms with Crippen LogP contribution in [-0.4, -0.2) is 56.0 Å². The predicted molar refractivity (Wildman–Crippen MR) is 129 cm³/mol. The number of alkyl halides is 2. The van der Waals surface area contributed by atoms with Gasteiger partial charge in [0.25, 0.3) is 6.43 Å². The lowest BCUT2D eigenvalue weighted by atomic mass is 9.99. The molecule has 4 rings (SSSR count). The lowest BCUT2D eigenvalue weighted by Gasteiger charge is -2.28. The van der Waals surface area contributed by atoms with Crippen LogP contribution in [0.15, 0.2) is 23.4 Å². The summed E-state index contributed by atoms with van der Waals surface area (Å²) in [4.78, 5) is 4.54. The molecule has 0 aromatic carbocycles. The lowest BCUT2D eigenvalue weighted by Crippen LogP contribution is -2.39. The number of nitrogens with two attached hydrogens (primary N) is 1. The second-order valence-electron chi connectivity index (χ2n) is 7.80. The van der Waals surface area contributed by atoms with Gasteiger partial charge in [-0.25, -0.2) is 26.6 Å². The summed E-state index contributed by atoms with van der Waals surface area (Å²) in [7, 11) is -4.48. The van der Waals surface area contributed by atoms with Gasteiger partial charge in [0, 0.05) is 24.8 Å². The summed E-state index contributed by atoms with van der Waals surface area (Å²) in [6.45, 7) is 5.28. The number of imidazole rings is 1. The summed E-state index contributed by atoms with van der Waals surface area (Å²) in [5.74, 6) is -0.268. The minimum atomic E-state index is -3.44. The first-order valence-electron chi connectivity index (χ1n) is 10.3. The van der Waals surface area contributed by atoms with Gasteiger partial charge in [-0.2, -0.15) is 4.31 Å². The van der Waals surface area contributed by atoms with Gasteiger partial charge in [0.15, 0.2) is 15.8 Å². The number of pyridine rings is 1. The zero-order valence-corrected chi connectivity index (χ0v) is 21.0. The van der Waals surface area contributed by atoms with Gasteiger partial charge >= 0.3 is 0 Å². The summed E-state index contributed by atoms with van der Waals surface area (Å²) in [5, 5.41) is 14.3. The molecule has 34 heavy (non-hydrogen) atoms. The first kappa shape index (κ1) is 25.0. The summed E-state index contributed by atoms with van der Waals surface area (Å²) >= 11 is 0.711. The van der Waals surface area contributed by atoms with E-state index in [2.05, 4.69) is 15.2 Å². The van der Waals surface area contributed by atoms with Crippen molar-refractivity contribution >= 4 is 48.5 Å². The molecule has 184 valence electrons. The molecule has 0 spiro atoms. The Bertz CT molecular complexity index is 1410. The van der Waals surface area contributed by atoms with E-state index < -0.39 is 43.2 Å². The molecule has 14 heteroatoms. The monoisotopic (exact) mass is 532 g/mol. The SMILES string of the molecule is C/C=S(/N)c1cn2c(-c3nnc(C(F)F)s3)ncc2c(C2=CCN(S(=O)(=O)C(C)C)CC2)c1F. The fourth-order valence-corrected chi connectivity index (χ4v) is 6.37. The van der Waals surface area contributed by atoms with Gasteiger partial charge in [-0.3, -0.25) is 9.54 Å². The molecule has 3 aromatic rings. The van der Waals surface area contributed by atoms with E-state index in [1.165, 1.54) is 16.7 Å². The number of fused-ring (bicyclic) bond motifs is 1.